The zero-order valence-electron chi connectivity index (χ0n) is 14.5. The van der Waals surface area contributed by atoms with Crippen LogP contribution in [0.2, 0.25) is 0 Å². The van der Waals surface area contributed by atoms with Crippen LogP contribution in [-0.2, 0) is 11.2 Å². The third-order valence-corrected chi connectivity index (χ3v) is 4.04. The second-order valence-electron chi connectivity index (χ2n) is 5.94. The second-order valence-corrected chi connectivity index (χ2v) is 5.94. The molecule has 0 aliphatic heterocycles. The summed E-state index contributed by atoms with van der Waals surface area (Å²) in [6.45, 7) is 4.20. The smallest absolute Gasteiger partial charge is 0.356 e. The number of hydrogen-bond donors (Lipinski definition) is 0. The minimum absolute atomic E-state index is 0.342. The summed E-state index contributed by atoms with van der Waals surface area (Å²) in [5.74, 6) is -0.382. The Kier molecular flexibility index (Phi) is 5.24. The van der Waals surface area contributed by atoms with E-state index in [1.165, 1.54) is 5.56 Å². The van der Waals surface area contributed by atoms with Crippen molar-refractivity contribution in [1.82, 2.24) is 4.98 Å². The van der Waals surface area contributed by atoms with Gasteiger partial charge in [-0.15, -0.1) is 0 Å². The maximum absolute atomic E-state index is 12.1. The van der Waals surface area contributed by atoms with Gasteiger partial charge >= 0.3 is 5.97 Å². The Morgan fingerprint density at radius 3 is 2.36 bits per heavy atom. The first-order valence-electron chi connectivity index (χ1n) is 8.45. The van der Waals surface area contributed by atoms with Gasteiger partial charge in [0.15, 0.2) is 0 Å². The molecule has 0 N–H and O–H groups in total. The lowest BCUT2D eigenvalue weighted by Gasteiger charge is -2.11. The van der Waals surface area contributed by atoms with Crippen molar-refractivity contribution in [2.24, 2.45) is 0 Å². The molecule has 0 spiro atoms. The molecule has 0 saturated heterocycles. The Balaban J connectivity index is 2.02. The lowest BCUT2D eigenvalue weighted by Crippen LogP contribution is -2.09. The van der Waals surface area contributed by atoms with Crippen molar-refractivity contribution >= 4 is 5.97 Å². The molecule has 0 amide bonds. The number of hydrogen-bond acceptors (Lipinski definition) is 3. The number of carbonyl (C=O) groups excluding carboxylic acids is 1. The van der Waals surface area contributed by atoms with E-state index in [9.17, 15) is 4.79 Å². The normalized spacial score (nSPS) is 10.5. The van der Waals surface area contributed by atoms with Gasteiger partial charge in [0, 0.05) is 12.0 Å². The van der Waals surface area contributed by atoms with Crippen molar-refractivity contribution in [2.75, 3.05) is 6.61 Å². The van der Waals surface area contributed by atoms with Crippen LogP contribution in [0.3, 0.4) is 0 Å². The number of benzene rings is 2. The molecule has 0 aliphatic rings. The van der Waals surface area contributed by atoms with Crippen molar-refractivity contribution < 1.29 is 9.53 Å². The molecule has 0 fully saturated rings. The number of rotatable bonds is 5. The molecule has 25 heavy (non-hydrogen) atoms. The molecule has 126 valence electrons. The van der Waals surface area contributed by atoms with Gasteiger partial charge in [-0.1, -0.05) is 66.2 Å². The standard InChI is InChI=1S/C22H21NO2/c1-3-25-22(24)20-14-13-19(18-7-5-4-6-8-18)21(23-20)15-17-11-9-16(2)10-12-17/h4-14H,3,15H2,1-2H3. The molecule has 3 heteroatoms. The Morgan fingerprint density at radius 2 is 1.68 bits per heavy atom. The summed E-state index contributed by atoms with van der Waals surface area (Å²) in [7, 11) is 0. The van der Waals surface area contributed by atoms with E-state index in [-0.39, 0.29) is 5.97 Å². The van der Waals surface area contributed by atoms with E-state index in [1.807, 2.05) is 24.3 Å². The van der Waals surface area contributed by atoms with Crippen LogP contribution in [-0.4, -0.2) is 17.6 Å². The van der Waals surface area contributed by atoms with Gasteiger partial charge in [-0.2, -0.15) is 0 Å². The van der Waals surface area contributed by atoms with Crippen molar-refractivity contribution in [3.63, 3.8) is 0 Å². The highest BCUT2D eigenvalue weighted by atomic mass is 16.5. The van der Waals surface area contributed by atoms with E-state index in [2.05, 4.69) is 48.3 Å². The molecule has 0 aliphatic carbocycles. The summed E-state index contributed by atoms with van der Waals surface area (Å²) in [5, 5.41) is 0. The van der Waals surface area contributed by atoms with Crippen LogP contribution in [0.1, 0.15) is 34.2 Å². The summed E-state index contributed by atoms with van der Waals surface area (Å²) in [5.41, 5.74) is 5.74. The Bertz CT molecular complexity index is 855. The molecule has 2 aromatic carbocycles. The van der Waals surface area contributed by atoms with E-state index in [1.54, 1.807) is 13.0 Å². The van der Waals surface area contributed by atoms with Crippen LogP contribution < -0.4 is 0 Å². The van der Waals surface area contributed by atoms with E-state index in [0.29, 0.717) is 18.7 Å². The van der Waals surface area contributed by atoms with Gasteiger partial charge in [-0.3, -0.25) is 0 Å². The van der Waals surface area contributed by atoms with Crippen molar-refractivity contribution in [2.45, 2.75) is 20.3 Å². The third-order valence-electron chi connectivity index (χ3n) is 4.04. The number of esters is 1. The molecule has 0 atom stereocenters. The fraction of sp³-hybridized carbons (Fsp3) is 0.182. The fourth-order valence-electron chi connectivity index (χ4n) is 2.73. The minimum atomic E-state index is -0.382. The van der Waals surface area contributed by atoms with Crippen molar-refractivity contribution in [3.05, 3.63) is 89.2 Å². The molecule has 1 aromatic heterocycles. The van der Waals surface area contributed by atoms with Crippen LogP contribution >= 0.6 is 0 Å². The van der Waals surface area contributed by atoms with Crippen LogP contribution in [0, 0.1) is 6.92 Å². The Morgan fingerprint density at radius 1 is 0.960 bits per heavy atom. The summed E-state index contributed by atoms with van der Waals surface area (Å²) < 4.78 is 5.09. The molecule has 3 nitrogen and oxygen atoms in total. The van der Waals surface area contributed by atoms with Crippen LogP contribution in [0.15, 0.2) is 66.7 Å². The number of aryl methyl sites for hydroxylation is 1. The van der Waals surface area contributed by atoms with Gasteiger partial charge in [0.25, 0.3) is 0 Å². The van der Waals surface area contributed by atoms with E-state index in [0.717, 1.165) is 22.4 Å². The molecule has 0 bridgehead atoms. The first-order chi connectivity index (χ1) is 12.2. The molecule has 0 saturated carbocycles. The number of carbonyl (C=O) groups is 1. The molecule has 0 unspecified atom stereocenters. The second kappa shape index (κ2) is 7.75. The first kappa shape index (κ1) is 16.9. The molecular weight excluding hydrogens is 310 g/mol. The molecule has 3 aromatic rings. The summed E-state index contributed by atoms with van der Waals surface area (Å²) in [6.07, 6.45) is 0.664. The van der Waals surface area contributed by atoms with Gasteiger partial charge in [-0.25, -0.2) is 9.78 Å². The molecule has 0 radical (unpaired) electrons. The highest BCUT2D eigenvalue weighted by molar-refractivity contribution is 5.88. The summed E-state index contributed by atoms with van der Waals surface area (Å²) >= 11 is 0. The number of aromatic nitrogens is 1. The maximum atomic E-state index is 12.1. The predicted octanol–water partition coefficient (Wildman–Crippen LogP) is 4.82. The zero-order valence-corrected chi connectivity index (χ0v) is 14.5. The third kappa shape index (κ3) is 4.13. The first-order valence-corrected chi connectivity index (χ1v) is 8.45. The lowest BCUT2D eigenvalue weighted by atomic mass is 9.98. The van der Waals surface area contributed by atoms with E-state index < -0.39 is 0 Å². The maximum Gasteiger partial charge on any atom is 0.356 e. The van der Waals surface area contributed by atoms with Crippen molar-refractivity contribution in [1.29, 1.82) is 0 Å². The van der Waals surface area contributed by atoms with Crippen LogP contribution in [0.25, 0.3) is 11.1 Å². The monoisotopic (exact) mass is 331 g/mol. The number of ether oxygens (including phenoxy) is 1. The van der Waals surface area contributed by atoms with Gasteiger partial charge in [0.1, 0.15) is 5.69 Å². The molecular formula is C22H21NO2. The molecule has 1 heterocycles. The average molecular weight is 331 g/mol. The average Bonchev–Trinajstić information content (AvgIpc) is 2.64. The van der Waals surface area contributed by atoms with E-state index in [4.69, 9.17) is 4.74 Å². The highest BCUT2D eigenvalue weighted by Crippen LogP contribution is 2.25. The highest BCUT2D eigenvalue weighted by Gasteiger charge is 2.14. The van der Waals surface area contributed by atoms with Crippen LogP contribution in [0.5, 0.6) is 0 Å². The fourth-order valence-corrected chi connectivity index (χ4v) is 2.73. The van der Waals surface area contributed by atoms with Crippen molar-refractivity contribution in [3.8, 4) is 11.1 Å². The predicted molar refractivity (Wildman–Crippen MR) is 99.6 cm³/mol. The molecule has 3 rings (SSSR count). The zero-order chi connectivity index (χ0) is 17.6. The largest absolute Gasteiger partial charge is 0.461 e. The van der Waals surface area contributed by atoms with Crippen LogP contribution in [0.4, 0.5) is 0 Å². The summed E-state index contributed by atoms with van der Waals surface area (Å²) in [4.78, 5) is 16.7. The van der Waals surface area contributed by atoms with Gasteiger partial charge < -0.3 is 4.74 Å². The SMILES string of the molecule is CCOC(=O)c1ccc(-c2ccccc2)c(Cc2ccc(C)cc2)n1. The summed E-state index contributed by atoms with van der Waals surface area (Å²) in [6, 6.07) is 22.2. The Labute approximate surface area is 148 Å². The topological polar surface area (TPSA) is 39.2 Å². The number of nitrogens with zero attached hydrogens (tertiary/aromatic N) is 1. The Hall–Kier alpha value is -2.94. The quantitative estimate of drug-likeness (QED) is 0.629. The van der Waals surface area contributed by atoms with Gasteiger partial charge in [-0.05, 0) is 31.0 Å². The number of pyridine rings is 1. The van der Waals surface area contributed by atoms with E-state index >= 15 is 0 Å². The minimum Gasteiger partial charge on any atom is -0.461 e. The van der Waals surface area contributed by atoms with Gasteiger partial charge in [0.2, 0.25) is 0 Å². The lowest BCUT2D eigenvalue weighted by molar-refractivity contribution is 0.0519. The van der Waals surface area contributed by atoms with Gasteiger partial charge in [0.05, 0.1) is 12.3 Å².